The highest BCUT2D eigenvalue weighted by atomic mass is 32.2. The van der Waals surface area contributed by atoms with Crippen molar-refractivity contribution in [2.75, 3.05) is 45.3 Å². The average molecular weight is 528 g/mol. The summed E-state index contributed by atoms with van der Waals surface area (Å²) >= 11 is 1.65. The van der Waals surface area contributed by atoms with E-state index in [2.05, 4.69) is 20.1 Å². The molecule has 0 radical (unpaired) electrons. The molecule has 3 amide bonds. The Kier molecular flexibility index (Phi) is 7.76. The van der Waals surface area contributed by atoms with Crippen molar-refractivity contribution in [1.82, 2.24) is 9.80 Å². The Hall–Kier alpha value is -2.78. The summed E-state index contributed by atoms with van der Waals surface area (Å²) in [6.45, 7) is 10.5. The molecule has 4 rings (SSSR count). The first-order valence-electron chi connectivity index (χ1n) is 12.7. The second kappa shape index (κ2) is 10.5. The number of thioether (sulfide) groups is 1. The molecule has 1 N–H and O–H groups in total. The SMILES string of the molecule is C=CCN(C)C(=O)[C@@H]1[C@H]2C(=O)N(CCCO)C(C(=O)N(CC=C)c3ccc(OC)cc3)C23CC[C@@]1(C)S3. The van der Waals surface area contributed by atoms with Gasteiger partial charge in [0.15, 0.2) is 0 Å². The van der Waals surface area contributed by atoms with Crippen LogP contribution in [0.1, 0.15) is 26.2 Å². The lowest BCUT2D eigenvalue weighted by atomic mass is 9.66. The number of hydrogen-bond donors (Lipinski definition) is 1. The molecule has 3 heterocycles. The molecule has 5 atom stereocenters. The Morgan fingerprint density at radius 2 is 1.86 bits per heavy atom. The van der Waals surface area contributed by atoms with Crippen LogP contribution in [0.4, 0.5) is 5.69 Å². The molecule has 3 aliphatic heterocycles. The second-order valence-corrected chi connectivity index (χ2v) is 12.2. The number of amides is 3. The van der Waals surface area contributed by atoms with Crippen LogP contribution in [0.3, 0.4) is 0 Å². The topological polar surface area (TPSA) is 90.4 Å². The standard InChI is InChI=1S/C28H37N3O5S/c1-6-15-29(4)24(33)21-22-25(34)31(17-8-18-32)23(28(22)14-13-27(21,3)37-28)26(35)30(16-7-2)19-9-11-20(36-5)12-10-19/h6-7,9-12,21-23,32H,1-2,8,13-18H2,3-5H3/t21-,22-,23?,27+,28?/m0/s1. The molecule has 1 spiro atoms. The van der Waals surface area contributed by atoms with Crippen molar-refractivity contribution in [2.24, 2.45) is 11.8 Å². The fourth-order valence-corrected chi connectivity index (χ4v) is 8.79. The van der Waals surface area contributed by atoms with Crippen LogP contribution in [0.25, 0.3) is 0 Å². The summed E-state index contributed by atoms with van der Waals surface area (Å²) in [7, 11) is 3.32. The van der Waals surface area contributed by atoms with E-state index in [-0.39, 0.29) is 37.4 Å². The molecule has 3 aliphatic rings. The van der Waals surface area contributed by atoms with E-state index in [9.17, 15) is 19.5 Å². The first kappa shape index (κ1) is 27.3. The minimum absolute atomic E-state index is 0.0804. The highest BCUT2D eigenvalue weighted by molar-refractivity contribution is 8.02. The van der Waals surface area contributed by atoms with E-state index in [1.807, 2.05) is 12.1 Å². The van der Waals surface area contributed by atoms with Crippen LogP contribution in [0, 0.1) is 11.8 Å². The van der Waals surface area contributed by atoms with E-state index in [0.717, 1.165) is 6.42 Å². The molecular formula is C28H37N3O5S. The number of fused-ring (bicyclic) bond motifs is 1. The summed E-state index contributed by atoms with van der Waals surface area (Å²) in [5.74, 6) is -0.873. The number of aliphatic hydroxyl groups is 1. The Morgan fingerprint density at radius 3 is 2.46 bits per heavy atom. The number of methoxy groups -OCH3 is 1. The normalized spacial score (nSPS) is 29.7. The van der Waals surface area contributed by atoms with Gasteiger partial charge in [-0.3, -0.25) is 14.4 Å². The second-order valence-electron chi connectivity index (χ2n) is 10.3. The van der Waals surface area contributed by atoms with Crippen molar-refractivity contribution in [3.63, 3.8) is 0 Å². The molecule has 9 heteroatoms. The van der Waals surface area contributed by atoms with Crippen LogP contribution in [0.2, 0.25) is 0 Å². The first-order valence-corrected chi connectivity index (χ1v) is 13.5. The van der Waals surface area contributed by atoms with Gasteiger partial charge in [-0.05, 0) is 50.5 Å². The number of nitrogens with zero attached hydrogens (tertiary/aromatic N) is 3. The van der Waals surface area contributed by atoms with Crippen LogP contribution in [-0.4, -0.2) is 88.6 Å². The number of likely N-dealkylation sites (tertiary alicyclic amines) is 1. The van der Waals surface area contributed by atoms with Crippen molar-refractivity contribution in [1.29, 1.82) is 0 Å². The van der Waals surface area contributed by atoms with E-state index >= 15 is 0 Å². The number of carbonyl (C=O) groups is 3. The van der Waals surface area contributed by atoms with Gasteiger partial charge in [-0.25, -0.2) is 0 Å². The van der Waals surface area contributed by atoms with Crippen molar-refractivity contribution in [2.45, 2.75) is 41.7 Å². The number of ether oxygens (including phenoxy) is 1. The molecule has 0 saturated carbocycles. The Labute approximate surface area is 223 Å². The Balaban J connectivity index is 1.78. The van der Waals surface area contributed by atoms with Gasteiger partial charge in [0.2, 0.25) is 11.8 Å². The highest BCUT2D eigenvalue weighted by Crippen LogP contribution is 2.71. The quantitative estimate of drug-likeness (QED) is 0.445. The lowest BCUT2D eigenvalue weighted by molar-refractivity contribution is -0.144. The number of carbonyl (C=O) groups excluding carboxylic acids is 3. The fourth-order valence-electron chi connectivity index (χ4n) is 6.45. The smallest absolute Gasteiger partial charge is 0.251 e. The Morgan fingerprint density at radius 1 is 1.19 bits per heavy atom. The summed E-state index contributed by atoms with van der Waals surface area (Å²) < 4.78 is 4.14. The van der Waals surface area contributed by atoms with Gasteiger partial charge < -0.3 is 24.5 Å². The third-order valence-corrected chi connectivity index (χ3v) is 10.1. The largest absolute Gasteiger partial charge is 0.497 e. The molecule has 3 saturated heterocycles. The highest BCUT2D eigenvalue weighted by Gasteiger charge is 2.77. The molecule has 1 aromatic rings. The average Bonchev–Trinajstić information content (AvgIpc) is 3.46. The van der Waals surface area contributed by atoms with Crippen LogP contribution in [-0.2, 0) is 14.4 Å². The minimum atomic E-state index is -0.743. The molecule has 37 heavy (non-hydrogen) atoms. The maximum absolute atomic E-state index is 14.4. The number of aliphatic hydroxyl groups excluding tert-OH is 1. The van der Waals surface area contributed by atoms with Crippen LogP contribution in [0.5, 0.6) is 5.75 Å². The molecule has 200 valence electrons. The van der Waals surface area contributed by atoms with Crippen LogP contribution < -0.4 is 9.64 Å². The molecule has 2 unspecified atom stereocenters. The van der Waals surface area contributed by atoms with Crippen LogP contribution >= 0.6 is 11.8 Å². The van der Waals surface area contributed by atoms with E-state index < -0.39 is 27.4 Å². The van der Waals surface area contributed by atoms with Crippen molar-refractivity contribution in [3.8, 4) is 5.75 Å². The lowest BCUT2D eigenvalue weighted by Crippen LogP contribution is -2.55. The number of likely N-dealkylation sites (N-methyl/N-ethyl adjacent to an activating group) is 1. The predicted molar refractivity (Wildman–Crippen MR) is 146 cm³/mol. The van der Waals surface area contributed by atoms with Crippen molar-refractivity contribution in [3.05, 3.63) is 49.6 Å². The third-order valence-electron chi connectivity index (χ3n) is 8.07. The monoisotopic (exact) mass is 527 g/mol. The number of rotatable bonds is 11. The molecule has 0 aromatic heterocycles. The molecule has 8 nitrogen and oxygen atoms in total. The van der Waals surface area contributed by atoms with Gasteiger partial charge in [-0.2, -0.15) is 0 Å². The van der Waals surface area contributed by atoms with E-state index in [1.165, 1.54) is 0 Å². The van der Waals surface area contributed by atoms with Crippen LogP contribution in [0.15, 0.2) is 49.6 Å². The fraction of sp³-hybridized carbons (Fsp3) is 0.536. The van der Waals surface area contributed by atoms with Gasteiger partial charge in [-0.15, -0.1) is 24.9 Å². The number of anilines is 1. The molecular weight excluding hydrogens is 490 g/mol. The predicted octanol–water partition coefficient (Wildman–Crippen LogP) is 2.72. The van der Waals surface area contributed by atoms with Gasteiger partial charge >= 0.3 is 0 Å². The van der Waals surface area contributed by atoms with E-state index in [0.29, 0.717) is 30.8 Å². The summed E-state index contributed by atoms with van der Waals surface area (Å²) in [4.78, 5) is 47.1. The molecule has 3 fully saturated rings. The molecule has 2 bridgehead atoms. The van der Waals surface area contributed by atoms with Gasteiger partial charge in [0.1, 0.15) is 11.8 Å². The van der Waals surface area contributed by atoms with Gasteiger partial charge in [0, 0.05) is 43.7 Å². The summed E-state index contributed by atoms with van der Waals surface area (Å²) in [5, 5.41) is 9.57. The van der Waals surface area contributed by atoms with Crippen molar-refractivity contribution >= 4 is 35.2 Å². The summed E-state index contributed by atoms with van der Waals surface area (Å²) in [6.07, 6.45) is 5.13. The first-order chi connectivity index (χ1) is 17.7. The number of hydrogen-bond acceptors (Lipinski definition) is 6. The molecule has 1 aromatic carbocycles. The van der Waals surface area contributed by atoms with Gasteiger partial charge in [-0.1, -0.05) is 12.2 Å². The summed E-state index contributed by atoms with van der Waals surface area (Å²) in [6, 6.07) is 6.49. The van der Waals surface area contributed by atoms with Gasteiger partial charge in [0.05, 0.1) is 23.7 Å². The summed E-state index contributed by atoms with van der Waals surface area (Å²) in [5.41, 5.74) is 0.683. The zero-order valence-electron chi connectivity index (χ0n) is 21.9. The van der Waals surface area contributed by atoms with Gasteiger partial charge in [0.25, 0.3) is 5.91 Å². The maximum Gasteiger partial charge on any atom is 0.251 e. The number of benzene rings is 1. The maximum atomic E-state index is 14.4. The Bertz CT molecular complexity index is 1080. The lowest BCUT2D eigenvalue weighted by Gasteiger charge is -2.37. The zero-order valence-corrected chi connectivity index (χ0v) is 22.7. The van der Waals surface area contributed by atoms with Crippen molar-refractivity contribution < 1.29 is 24.2 Å². The minimum Gasteiger partial charge on any atom is -0.497 e. The zero-order chi connectivity index (χ0) is 27.0. The van der Waals surface area contributed by atoms with E-state index in [1.54, 1.807) is 64.9 Å². The van der Waals surface area contributed by atoms with E-state index in [4.69, 9.17) is 4.74 Å². The molecule has 0 aliphatic carbocycles. The third kappa shape index (κ3) is 4.36.